The predicted molar refractivity (Wildman–Crippen MR) is 86.1 cm³/mol. The zero-order valence-electron chi connectivity index (χ0n) is 13.8. The number of alkyl halides is 3. The summed E-state index contributed by atoms with van der Waals surface area (Å²) in [6, 6.07) is 5.42. The monoisotopic (exact) mass is 338 g/mol. The first kappa shape index (κ1) is 16.9. The molecule has 0 radical (unpaired) electrons. The summed E-state index contributed by atoms with van der Waals surface area (Å²) in [5.74, 6) is 0.668. The van der Waals surface area contributed by atoms with Crippen LogP contribution >= 0.6 is 0 Å². The molecule has 24 heavy (non-hydrogen) atoms. The van der Waals surface area contributed by atoms with Crippen molar-refractivity contribution in [2.75, 3.05) is 11.4 Å². The van der Waals surface area contributed by atoms with E-state index in [1.54, 1.807) is 12.3 Å². The Labute approximate surface area is 139 Å². The van der Waals surface area contributed by atoms with E-state index in [0.29, 0.717) is 5.92 Å². The molecule has 0 spiro atoms. The molecule has 1 saturated carbocycles. The number of rotatable bonds is 5. The zero-order valence-corrected chi connectivity index (χ0v) is 13.8. The van der Waals surface area contributed by atoms with Gasteiger partial charge in [0.2, 0.25) is 0 Å². The first-order valence-corrected chi connectivity index (χ1v) is 8.21. The van der Waals surface area contributed by atoms with Crippen LogP contribution in [0.4, 0.5) is 18.9 Å². The number of anilines is 1. The maximum atomic E-state index is 13.4. The molecular formula is C18H21F3N2O. The van der Waals surface area contributed by atoms with Crippen molar-refractivity contribution in [3.8, 4) is 0 Å². The minimum absolute atomic E-state index is 0.0264. The third kappa shape index (κ3) is 3.14. The molecule has 1 aliphatic carbocycles. The highest BCUT2D eigenvalue weighted by Crippen LogP contribution is 2.41. The Morgan fingerprint density at radius 1 is 1.25 bits per heavy atom. The van der Waals surface area contributed by atoms with E-state index in [1.165, 1.54) is 17.0 Å². The van der Waals surface area contributed by atoms with Crippen LogP contribution in [0.1, 0.15) is 32.3 Å². The van der Waals surface area contributed by atoms with Gasteiger partial charge in [-0.3, -0.25) is 4.79 Å². The van der Waals surface area contributed by atoms with Crippen molar-refractivity contribution in [3.05, 3.63) is 41.7 Å². The summed E-state index contributed by atoms with van der Waals surface area (Å²) in [6.45, 7) is 4.71. The third-order valence-electron chi connectivity index (χ3n) is 4.56. The Morgan fingerprint density at radius 2 is 1.92 bits per heavy atom. The van der Waals surface area contributed by atoms with Gasteiger partial charge in [0.05, 0.1) is 11.3 Å². The average molecular weight is 338 g/mol. The molecule has 1 aromatic rings. The number of carbonyl (C=O) groups is 1. The Hall–Kier alpha value is -1.98. The number of carbonyl (C=O) groups excluding carboxylic acids is 1. The Bertz CT molecular complexity index is 650. The summed E-state index contributed by atoms with van der Waals surface area (Å²) in [4.78, 5) is 15.2. The Kier molecular flexibility index (Phi) is 4.32. The van der Waals surface area contributed by atoms with Crippen LogP contribution in [0.15, 0.2) is 36.2 Å². The summed E-state index contributed by atoms with van der Waals surface area (Å²) in [5.41, 5.74) is 0.221. The van der Waals surface area contributed by atoms with Crippen LogP contribution in [0.5, 0.6) is 0 Å². The maximum Gasteiger partial charge on any atom is 0.418 e. The molecule has 6 heteroatoms. The van der Waals surface area contributed by atoms with Gasteiger partial charge >= 0.3 is 6.18 Å². The number of hydrogen-bond donors (Lipinski definition) is 0. The highest BCUT2D eigenvalue weighted by molar-refractivity contribution is 5.72. The van der Waals surface area contributed by atoms with Gasteiger partial charge in [-0.2, -0.15) is 13.2 Å². The van der Waals surface area contributed by atoms with Gasteiger partial charge in [-0.25, -0.2) is 0 Å². The first-order chi connectivity index (χ1) is 11.3. The van der Waals surface area contributed by atoms with Crippen molar-refractivity contribution in [2.24, 2.45) is 11.8 Å². The van der Waals surface area contributed by atoms with Crippen LogP contribution in [0.2, 0.25) is 0 Å². The molecular weight excluding hydrogens is 317 g/mol. The van der Waals surface area contributed by atoms with E-state index in [2.05, 4.69) is 0 Å². The van der Waals surface area contributed by atoms with Crippen molar-refractivity contribution >= 4 is 12.0 Å². The topological polar surface area (TPSA) is 23.6 Å². The minimum atomic E-state index is -4.46. The molecule has 3 nitrogen and oxygen atoms in total. The molecule has 1 aromatic carbocycles. The SMILES string of the molecule is CC(C)C1=CN(c2ccccc2C(F)(F)F)C(C=O)N1CC1CC1. The van der Waals surface area contributed by atoms with Crippen molar-refractivity contribution in [1.29, 1.82) is 0 Å². The van der Waals surface area contributed by atoms with Gasteiger partial charge in [-0.15, -0.1) is 0 Å². The summed E-state index contributed by atoms with van der Waals surface area (Å²) in [5, 5.41) is 0. The van der Waals surface area contributed by atoms with E-state index < -0.39 is 17.9 Å². The van der Waals surface area contributed by atoms with Gasteiger partial charge in [0.25, 0.3) is 0 Å². The molecule has 1 heterocycles. The number of allylic oxidation sites excluding steroid dienone is 1. The minimum Gasteiger partial charge on any atom is -0.347 e. The van der Waals surface area contributed by atoms with Gasteiger partial charge in [-0.05, 0) is 36.8 Å². The molecule has 1 fully saturated rings. The Morgan fingerprint density at radius 3 is 2.46 bits per heavy atom. The van der Waals surface area contributed by atoms with Crippen molar-refractivity contribution < 1.29 is 18.0 Å². The highest BCUT2D eigenvalue weighted by Gasteiger charge is 2.41. The van der Waals surface area contributed by atoms with E-state index in [-0.39, 0.29) is 11.6 Å². The second-order valence-electron chi connectivity index (χ2n) is 6.78. The van der Waals surface area contributed by atoms with E-state index in [4.69, 9.17) is 0 Å². The van der Waals surface area contributed by atoms with Crippen LogP contribution in [0, 0.1) is 11.8 Å². The molecule has 1 unspecified atom stereocenters. The normalized spacial score (nSPS) is 21.4. The second kappa shape index (κ2) is 6.15. The zero-order chi connectivity index (χ0) is 17.5. The van der Waals surface area contributed by atoms with Crippen molar-refractivity contribution in [3.63, 3.8) is 0 Å². The summed E-state index contributed by atoms with van der Waals surface area (Å²) in [7, 11) is 0. The number of aldehydes is 1. The lowest BCUT2D eigenvalue weighted by atomic mass is 10.1. The number of hydrogen-bond acceptors (Lipinski definition) is 3. The number of halogens is 3. The van der Waals surface area contributed by atoms with Gasteiger partial charge < -0.3 is 9.80 Å². The van der Waals surface area contributed by atoms with E-state index in [0.717, 1.165) is 37.4 Å². The second-order valence-corrected chi connectivity index (χ2v) is 6.78. The lowest BCUT2D eigenvalue weighted by Crippen LogP contribution is -2.43. The molecule has 2 aliphatic rings. The molecule has 0 bridgehead atoms. The fraction of sp³-hybridized carbons (Fsp3) is 0.500. The third-order valence-corrected chi connectivity index (χ3v) is 4.56. The summed E-state index contributed by atoms with van der Waals surface area (Å²) < 4.78 is 40.1. The lowest BCUT2D eigenvalue weighted by molar-refractivity contribution is -0.137. The van der Waals surface area contributed by atoms with E-state index in [1.807, 2.05) is 18.7 Å². The van der Waals surface area contributed by atoms with E-state index >= 15 is 0 Å². The number of para-hydroxylation sites is 1. The maximum absolute atomic E-state index is 13.4. The molecule has 0 amide bonds. The largest absolute Gasteiger partial charge is 0.418 e. The van der Waals surface area contributed by atoms with Crippen LogP contribution in [0.25, 0.3) is 0 Å². The molecule has 3 rings (SSSR count). The number of benzene rings is 1. The van der Waals surface area contributed by atoms with Gasteiger partial charge in [-0.1, -0.05) is 26.0 Å². The molecule has 130 valence electrons. The summed E-state index contributed by atoms with van der Waals surface area (Å²) in [6.07, 6.45) is -0.497. The smallest absolute Gasteiger partial charge is 0.347 e. The van der Waals surface area contributed by atoms with Gasteiger partial charge in [0.15, 0.2) is 12.5 Å². The number of nitrogens with zero attached hydrogens (tertiary/aromatic N) is 2. The van der Waals surface area contributed by atoms with Crippen LogP contribution in [-0.4, -0.2) is 23.9 Å². The molecule has 1 atom stereocenters. The fourth-order valence-corrected chi connectivity index (χ4v) is 3.16. The lowest BCUT2D eigenvalue weighted by Gasteiger charge is -2.32. The molecule has 1 aliphatic heterocycles. The summed E-state index contributed by atoms with van der Waals surface area (Å²) >= 11 is 0. The molecule has 0 aromatic heterocycles. The van der Waals surface area contributed by atoms with Crippen LogP contribution in [-0.2, 0) is 11.0 Å². The molecule has 0 N–H and O–H groups in total. The first-order valence-electron chi connectivity index (χ1n) is 8.21. The van der Waals surface area contributed by atoms with Crippen molar-refractivity contribution in [1.82, 2.24) is 4.90 Å². The predicted octanol–water partition coefficient (Wildman–Crippen LogP) is 4.26. The quantitative estimate of drug-likeness (QED) is 0.750. The Balaban J connectivity index is 2.02. The van der Waals surface area contributed by atoms with Crippen molar-refractivity contribution in [2.45, 2.75) is 39.0 Å². The average Bonchev–Trinajstić information content (AvgIpc) is 3.25. The van der Waals surface area contributed by atoms with E-state index in [9.17, 15) is 18.0 Å². The van der Waals surface area contributed by atoms with Gasteiger partial charge in [0, 0.05) is 18.4 Å². The fourth-order valence-electron chi connectivity index (χ4n) is 3.16. The highest BCUT2D eigenvalue weighted by atomic mass is 19.4. The van der Waals surface area contributed by atoms with Gasteiger partial charge in [0.1, 0.15) is 0 Å². The van der Waals surface area contributed by atoms with Crippen LogP contribution < -0.4 is 4.90 Å². The van der Waals surface area contributed by atoms with Crippen LogP contribution in [0.3, 0.4) is 0 Å². The molecule has 0 saturated heterocycles. The standard InChI is InChI=1S/C18H21F3N2O/c1-12(2)16-10-23(17(11-24)22(16)9-13-7-8-13)15-6-4-3-5-14(15)18(19,20)21/h3-6,10-13,17H,7-9H2,1-2H3.